The molecule has 0 aliphatic rings. The SMILES string of the molecule is Cc1nc2c(N=C=O)c[nH]c2s1. The highest BCUT2D eigenvalue weighted by Gasteiger charge is 2.06. The molecule has 0 radical (unpaired) electrons. The van der Waals surface area contributed by atoms with E-state index in [1.807, 2.05) is 6.92 Å². The number of nitrogens with zero attached hydrogens (tertiary/aromatic N) is 2. The predicted molar refractivity (Wildman–Crippen MR) is 46.5 cm³/mol. The van der Waals surface area contributed by atoms with Gasteiger partial charge in [-0.3, -0.25) is 0 Å². The standard InChI is InChI=1S/C7H5N3OS/c1-4-10-6-5(9-3-11)2-8-7(6)12-4/h2,8H,1H3. The lowest BCUT2D eigenvalue weighted by Gasteiger charge is -1.77. The average molecular weight is 179 g/mol. The first-order chi connectivity index (χ1) is 5.81. The van der Waals surface area contributed by atoms with Gasteiger partial charge in [-0.05, 0) is 6.92 Å². The Morgan fingerprint density at radius 1 is 1.75 bits per heavy atom. The second-order valence-electron chi connectivity index (χ2n) is 2.29. The molecule has 0 saturated carbocycles. The van der Waals surface area contributed by atoms with Crippen molar-refractivity contribution in [1.29, 1.82) is 0 Å². The Labute approximate surface area is 72.0 Å². The number of aliphatic imine (C=N–C) groups is 1. The van der Waals surface area contributed by atoms with Crippen LogP contribution in [0.25, 0.3) is 10.3 Å². The van der Waals surface area contributed by atoms with E-state index in [0.29, 0.717) is 5.69 Å². The molecule has 0 unspecified atom stereocenters. The third kappa shape index (κ3) is 0.958. The molecule has 12 heavy (non-hydrogen) atoms. The maximum absolute atomic E-state index is 9.99. The number of aromatic amines is 1. The van der Waals surface area contributed by atoms with Crippen molar-refractivity contribution in [3.05, 3.63) is 11.2 Å². The summed E-state index contributed by atoms with van der Waals surface area (Å²) >= 11 is 1.54. The van der Waals surface area contributed by atoms with Gasteiger partial charge in [0.1, 0.15) is 16.0 Å². The Balaban J connectivity index is 2.75. The lowest BCUT2D eigenvalue weighted by molar-refractivity contribution is 0.565. The first kappa shape index (κ1) is 7.21. The van der Waals surface area contributed by atoms with Gasteiger partial charge in [0.25, 0.3) is 0 Å². The third-order valence-electron chi connectivity index (χ3n) is 1.48. The van der Waals surface area contributed by atoms with Crippen molar-refractivity contribution >= 4 is 33.5 Å². The second-order valence-corrected chi connectivity index (χ2v) is 3.49. The van der Waals surface area contributed by atoms with Gasteiger partial charge in [0, 0.05) is 6.20 Å². The van der Waals surface area contributed by atoms with Gasteiger partial charge in [0.05, 0.1) is 5.01 Å². The number of aryl methyl sites for hydroxylation is 1. The van der Waals surface area contributed by atoms with Crippen LogP contribution in [0, 0.1) is 6.92 Å². The van der Waals surface area contributed by atoms with Crippen molar-refractivity contribution < 1.29 is 4.79 Å². The Bertz CT molecular complexity index is 464. The summed E-state index contributed by atoms with van der Waals surface area (Å²) < 4.78 is 0. The average Bonchev–Trinajstić information content (AvgIpc) is 2.52. The fourth-order valence-corrected chi connectivity index (χ4v) is 1.83. The van der Waals surface area contributed by atoms with Gasteiger partial charge in [0.2, 0.25) is 6.08 Å². The molecule has 0 amide bonds. The normalized spacial score (nSPS) is 10.1. The molecule has 2 aromatic heterocycles. The zero-order valence-corrected chi connectivity index (χ0v) is 7.10. The molecule has 0 bridgehead atoms. The molecule has 60 valence electrons. The van der Waals surface area contributed by atoms with Crippen LogP contribution in [-0.2, 0) is 4.79 Å². The molecule has 0 atom stereocenters. The summed E-state index contributed by atoms with van der Waals surface area (Å²) in [4.78, 5) is 21.6. The fraction of sp³-hybridized carbons (Fsp3) is 0.143. The number of hydrogen-bond donors (Lipinski definition) is 1. The monoisotopic (exact) mass is 179 g/mol. The fourth-order valence-electron chi connectivity index (χ4n) is 1.04. The van der Waals surface area contributed by atoms with Crippen molar-refractivity contribution in [2.45, 2.75) is 6.92 Å². The summed E-state index contributed by atoms with van der Waals surface area (Å²) in [5.74, 6) is 0. The van der Waals surface area contributed by atoms with Crippen LogP contribution in [-0.4, -0.2) is 16.0 Å². The molecule has 2 aromatic rings. The van der Waals surface area contributed by atoms with Gasteiger partial charge in [-0.1, -0.05) is 0 Å². The molecule has 2 heterocycles. The number of hydrogen-bond acceptors (Lipinski definition) is 4. The van der Waals surface area contributed by atoms with E-state index < -0.39 is 0 Å². The van der Waals surface area contributed by atoms with Crippen LogP contribution >= 0.6 is 11.3 Å². The van der Waals surface area contributed by atoms with E-state index in [2.05, 4.69) is 15.0 Å². The number of fused-ring (bicyclic) bond motifs is 1. The van der Waals surface area contributed by atoms with Gasteiger partial charge >= 0.3 is 0 Å². The van der Waals surface area contributed by atoms with Crippen molar-refractivity contribution in [3.63, 3.8) is 0 Å². The van der Waals surface area contributed by atoms with Gasteiger partial charge in [-0.15, -0.1) is 11.3 Å². The van der Waals surface area contributed by atoms with Crippen molar-refractivity contribution in [2.24, 2.45) is 4.99 Å². The molecule has 1 N–H and O–H groups in total. The topological polar surface area (TPSA) is 58.1 Å². The summed E-state index contributed by atoms with van der Waals surface area (Å²) in [6.45, 7) is 1.91. The van der Waals surface area contributed by atoms with Gasteiger partial charge < -0.3 is 4.98 Å². The summed E-state index contributed by atoms with van der Waals surface area (Å²) in [6.07, 6.45) is 3.14. The van der Waals surface area contributed by atoms with Crippen LogP contribution in [0.4, 0.5) is 5.69 Å². The van der Waals surface area contributed by atoms with E-state index in [0.717, 1.165) is 15.4 Å². The largest absolute Gasteiger partial charge is 0.349 e. The van der Waals surface area contributed by atoms with Crippen LogP contribution in [0.15, 0.2) is 11.2 Å². The Morgan fingerprint density at radius 2 is 2.58 bits per heavy atom. The molecule has 0 aliphatic heterocycles. The first-order valence-electron chi connectivity index (χ1n) is 3.33. The van der Waals surface area contributed by atoms with Gasteiger partial charge in [-0.25, -0.2) is 9.78 Å². The van der Waals surface area contributed by atoms with E-state index >= 15 is 0 Å². The number of aromatic nitrogens is 2. The van der Waals surface area contributed by atoms with E-state index in [1.54, 1.807) is 17.5 Å². The molecule has 0 saturated heterocycles. The number of H-pyrrole nitrogens is 1. The first-order valence-corrected chi connectivity index (χ1v) is 4.15. The third-order valence-corrected chi connectivity index (χ3v) is 2.38. The number of thiazole rings is 1. The van der Waals surface area contributed by atoms with Gasteiger partial charge in [-0.2, -0.15) is 4.99 Å². The minimum Gasteiger partial charge on any atom is -0.349 e. The summed E-state index contributed by atoms with van der Waals surface area (Å²) in [5, 5.41) is 0.958. The van der Waals surface area contributed by atoms with Gasteiger partial charge in [0.15, 0.2) is 0 Å². The second kappa shape index (κ2) is 2.55. The molecule has 2 rings (SSSR count). The maximum atomic E-state index is 9.99. The van der Waals surface area contributed by atoms with Crippen LogP contribution in [0.1, 0.15) is 5.01 Å². The number of nitrogens with one attached hydrogen (secondary N) is 1. The zero-order chi connectivity index (χ0) is 8.55. The molecule has 4 nitrogen and oxygen atoms in total. The minimum atomic E-state index is 0.560. The number of rotatable bonds is 1. The highest BCUT2D eigenvalue weighted by atomic mass is 32.1. The molecule has 0 aliphatic carbocycles. The quantitative estimate of drug-likeness (QED) is 0.537. The Hall–Kier alpha value is -1.45. The summed E-state index contributed by atoms with van der Waals surface area (Å²) in [6, 6.07) is 0. The summed E-state index contributed by atoms with van der Waals surface area (Å²) in [5.41, 5.74) is 1.31. The van der Waals surface area contributed by atoms with E-state index in [1.165, 1.54) is 6.08 Å². The minimum absolute atomic E-state index is 0.560. The Morgan fingerprint density at radius 3 is 3.33 bits per heavy atom. The maximum Gasteiger partial charge on any atom is 0.240 e. The smallest absolute Gasteiger partial charge is 0.240 e. The molecular weight excluding hydrogens is 174 g/mol. The predicted octanol–water partition coefficient (Wildman–Crippen LogP) is 1.90. The lowest BCUT2D eigenvalue weighted by Crippen LogP contribution is -1.65. The summed E-state index contributed by atoms with van der Waals surface area (Å²) in [7, 11) is 0. The highest BCUT2D eigenvalue weighted by Crippen LogP contribution is 2.28. The van der Waals surface area contributed by atoms with Crippen molar-refractivity contribution in [1.82, 2.24) is 9.97 Å². The van der Waals surface area contributed by atoms with Crippen LogP contribution in [0.3, 0.4) is 0 Å². The highest BCUT2D eigenvalue weighted by molar-refractivity contribution is 7.18. The van der Waals surface area contributed by atoms with E-state index in [-0.39, 0.29) is 0 Å². The molecular formula is C7H5N3OS. The lowest BCUT2D eigenvalue weighted by atomic mass is 10.5. The van der Waals surface area contributed by atoms with Crippen molar-refractivity contribution in [2.75, 3.05) is 0 Å². The zero-order valence-electron chi connectivity index (χ0n) is 6.29. The van der Waals surface area contributed by atoms with Crippen LogP contribution in [0.2, 0.25) is 0 Å². The molecule has 0 fully saturated rings. The Kier molecular flexibility index (Phi) is 1.53. The molecule has 5 heteroatoms. The van der Waals surface area contributed by atoms with E-state index in [9.17, 15) is 4.79 Å². The van der Waals surface area contributed by atoms with Crippen LogP contribution in [0.5, 0.6) is 0 Å². The molecule has 0 aromatic carbocycles. The van der Waals surface area contributed by atoms with E-state index in [4.69, 9.17) is 0 Å². The van der Waals surface area contributed by atoms with Crippen LogP contribution < -0.4 is 0 Å². The van der Waals surface area contributed by atoms with Crippen molar-refractivity contribution in [3.8, 4) is 0 Å². The number of isocyanates is 1. The molecule has 0 spiro atoms. The number of carbonyl (C=O) groups excluding carboxylic acids is 1.